The van der Waals surface area contributed by atoms with Crippen molar-refractivity contribution >= 4 is 34.7 Å². The maximum atomic E-state index is 13.7. The van der Waals surface area contributed by atoms with E-state index in [4.69, 9.17) is 5.73 Å². The molecule has 176 valence electrons. The Kier molecular flexibility index (Phi) is 5.14. The molecule has 1 aromatic rings. The van der Waals surface area contributed by atoms with Crippen LogP contribution in [0.15, 0.2) is 17.7 Å². The van der Waals surface area contributed by atoms with Gasteiger partial charge in [-0.15, -0.1) is 0 Å². The van der Waals surface area contributed by atoms with Crippen molar-refractivity contribution < 1.29 is 34.5 Å². The maximum Gasteiger partial charge on any atom is 0.235 e. The first-order chi connectivity index (χ1) is 15.3. The molecule has 33 heavy (non-hydrogen) atoms. The molecule has 1 aromatic carbocycles. The number of aliphatic hydroxyl groups is 2. The molecule has 4 rings (SSSR count). The molecule has 0 spiro atoms. The van der Waals surface area contributed by atoms with Crippen molar-refractivity contribution in [1.82, 2.24) is 4.90 Å². The highest BCUT2D eigenvalue weighted by Gasteiger charge is 2.67. The van der Waals surface area contributed by atoms with Crippen LogP contribution in [0.25, 0.3) is 5.76 Å². The van der Waals surface area contributed by atoms with Crippen molar-refractivity contribution in [2.75, 3.05) is 33.1 Å². The number of aliphatic hydroxyl groups excluding tert-OH is 1. The van der Waals surface area contributed by atoms with E-state index < -0.39 is 58.4 Å². The first-order valence-electron chi connectivity index (χ1n) is 10.6. The number of likely N-dealkylation sites (N-methyl/N-ethyl adjacent to an activating group) is 1. The molecule has 0 aromatic heterocycles. The third-order valence-electron chi connectivity index (χ3n) is 7.20. The summed E-state index contributed by atoms with van der Waals surface area (Å²) in [5, 5.41) is 33.1. The van der Waals surface area contributed by atoms with Crippen LogP contribution in [-0.4, -0.2) is 83.3 Å². The molecule has 0 bridgehead atoms. The molecule has 10 heteroatoms. The highest BCUT2D eigenvalue weighted by Crippen LogP contribution is 2.52. The quantitative estimate of drug-likeness (QED) is 0.434. The van der Waals surface area contributed by atoms with E-state index in [9.17, 15) is 34.5 Å². The topological polar surface area (TPSA) is 161 Å². The molecule has 0 aliphatic heterocycles. The molecular weight excluding hydrogens is 430 g/mol. The number of nitrogens with two attached hydrogens (primary N) is 1. The largest absolute Gasteiger partial charge is 0.507 e. The lowest BCUT2D eigenvalue weighted by molar-refractivity contribution is -0.175. The fraction of sp³-hybridized carbons (Fsp3) is 0.478. The minimum atomic E-state index is -2.70. The summed E-state index contributed by atoms with van der Waals surface area (Å²) in [5.41, 5.74) is 3.84. The van der Waals surface area contributed by atoms with E-state index in [1.807, 2.05) is 4.90 Å². The predicted octanol–water partition coefficient (Wildman–Crippen LogP) is -0.597. The Morgan fingerprint density at radius 2 is 1.76 bits per heavy atom. The molecule has 2 saturated carbocycles. The van der Waals surface area contributed by atoms with Gasteiger partial charge in [-0.25, -0.2) is 0 Å². The zero-order chi connectivity index (χ0) is 24.6. The van der Waals surface area contributed by atoms with Crippen molar-refractivity contribution in [3.63, 3.8) is 0 Å². The first-order valence-corrected chi connectivity index (χ1v) is 10.6. The normalized spacial score (nSPS) is 31.3. The molecule has 3 aliphatic carbocycles. The highest BCUT2D eigenvalue weighted by molar-refractivity contribution is 6.32. The van der Waals surface area contributed by atoms with Crippen LogP contribution < -0.4 is 10.6 Å². The van der Waals surface area contributed by atoms with Crippen LogP contribution >= 0.6 is 0 Å². The Bertz CT molecular complexity index is 1140. The van der Waals surface area contributed by atoms with Crippen LogP contribution in [0.1, 0.15) is 17.5 Å². The van der Waals surface area contributed by atoms with E-state index in [2.05, 4.69) is 0 Å². The first kappa shape index (κ1) is 22.9. The predicted molar refractivity (Wildman–Crippen MR) is 117 cm³/mol. The minimum Gasteiger partial charge on any atom is -0.507 e. The number of phenols is 1. The van der Waals surface area contributed by atoms with Gasteiger partial charge in [0.2, 0.25) is 11.7 Å². The van der Waals surface area contributed by atoms with Crippen molar-refractivity contribution in [2.45, 2.75) is 24.5 Å². The van der Waals surface area contributed by atoms with Gasteiger partial charge < -0.3 is 26.0 Å². The molecule has 3 aliphatic rings. The van der Waals surface area contributed by atoms with Crippen LogP contribution in [0.5, 0.6) is 5.75 Å². The Hall–Kier alpha value is -3.24. The van der Waals surface area contributed by atoms with Gasteiger partial charge in [0, 0.05) is 31.3 Å². The average Bonchev–Trinajstić information content (AvgIpc) is 2.70. The Morgan fingerprint density at radius 3 is 2.30 bits per heavy atom. The van der Waals surface area contributed by atoms with Crippen LogP contribution in [0.3, 0.4) is 0 Å². The van der Waals surface area contributed by atoms with Crippen LogP contribution in [0.4, 0.5) is 5.69 Å². The summed E-state index contributed by atoms with van der Waals surface area (Å²) < 4.78 is 0. The van der Waals surface area contributed by atoms with Crippen LogP contribution in [0.2, 0.25) is 0 Å². The number of hydrogen-bond acceptors (Lipinski definition) is 9. The second kappa shape index (κ2) is 7.39. The summed E-state index contributed by atoms with van der Waals surface area (Å²) in [4.78, 5) is 55.1. The number of primary amides is 1. The molecule has 10 nitrogen and oxygen atoms in total. The third kappa shape index (κ3) is 2.94. The molecule has 1 unspecified atom stereocenters. The van der Waals surface area contributed by atoms with Crippen molar-refractivity contribution in [3.05, 3.63) is 28.8 Å². The van der Waals surface area contributed by atoms with Crippen LogP contribution in [0, 0.1) is 17.8 Å². The van der Waals surface area contributed by atoms with Crippen LogP contribution in [-0.2, 0) is 25.6 Å². The summed E-state index contributed by atoms with van der Waals surface area (Å²) in [5.74, 6) is -8.76. The number of fused-ring (bicyclic) bond motifs is 3. The van der Waals surface area contributed by atoms with Gasteiger partial charge in [-0.2, -0.15) is 0 Å². The SMILES string of the molecule is CN(C)c1ccc(O)c2c1C[C@H]1C[C@H]3[C@H](N(C)C)C(=O)C(C(N)=O)C(=O)[C@@]3(O)C(=O)C1=C2O. The summed E-state index contributed by atoms with van der Waals surface area (Å²) in [7, 11) is 6.72. The van der Waals surface area contributed by atoms with Gasteiger partial charge in [-0.3, -0.25) is 24.1 Å². The van der Waals surface area contributed by atoms with Gasteiger partial charge in [0.25, 0.3) is 0 Å². The highest BCUT2D eigenvalue weighted by atomic mass is 16.3. The van der Waals surface area contributed by atoms with Gasteiger partial charge in [-0.1, -0.05) is 0 Å². The number of Topliss-reactive ketones (excluding diaryl/α,β-unsaturated/α-hetero) is 3. The number of rotatable bonds is 3. The van der Waals surface area contributed by atoms with E-state index in [0.717, 1.165) is 5.69 Å². The maximum absolute atomic E-state index is 13.7. The Balaban J connectivity index is 1.95. The van der Waals surface area contributed by atoms with Crippen molar-refractivity contribution in [2.24, 2.45) is 23.5 Å². The lowest BCUT2D eigenvalue weighted by atomic mass is 9.55. The zero-order valence-corrected chi connectivity index (χ0v) is 18.8. The number of phenolic OH excluding ortho intramolecular Hbond substituents is 1. The molecule has 0 radical (unpaired) electrons. The fourth-order valence-corrected chi connectivity index (χ4v) is 5.79. The number of ketones is 3. The van der Waals surface area contributed by atoms with E-state index in [1.54, 1.807) is 34.3 Å². The lowest BCUT2D eigenvalue weighted by Gasteiger charge is -2.51. The summed E-state index contributed by atoms with van der Waals surface area (Å²) in [6.45, 7) is 0. The lowest BCUT2D eigenvalue weighted by Crippen LogP contribution is -2.72. The number of carbonyl (C=O) groups excluding carboxylic acids is 4. The van der Waals surface area contributed by atoms with Gasteiger partial charge in [0.05, 0.1) is 11.6 Å². The van der Waals surface area contributed by atoms with E-state index in [1.165, 1.54) is 11.0 Å². The number of amides is 1. The minimum absolute atomic E-state index is 0.0371. The molecule has 1 amide bonds. The Morgan fingerprint density at radius 1 is 1.12 bits per heavy atom. The number of aromatic hydroxyl groups is 1. The van der Waals surface area contributed by atoms with Gasteiger partial charge >= 0.3 is 0 Å². The van der Waals surface area contributed by atoms with E-state index in [0.29, 0.717) is 5.56 Å². The van der Waals surface area contributed by atoms with Gasteiger partial charge in [0.1, 0.15) is 11.5 Å². The van der Waals surface area contributed by atoms with Crippen molar-refractivity contribution in [1.29, 1.82) is 0 Å². The Labute approximate surface area is 190 Å². The standard InChI is InChI=1S/C23H27N3O7/c1-25(2)12-5-6-13(27)15-10(12)7-9-8-11-17(26(3)4)19(29)16(22(24)32)21(31)23(11,33)20(30)14(9)18(15)28/h5-6,9,11,16-17,27-28,33H,7-8H2,1-4H3,(H2,24,32)/t9-,11-,16?,17-,23-/m0/s1. The number of anilines is 1. The molecule has 0 heterocycles. The van der Waals surface area contributed by atoms with E-state index in [-0.39, 0.29) is 29.7 Å². The number of benzene rings is 1. The average molecular weight is 457 g/mol. The third-order valence-corrected chi connectivity index (χ3v) is 7.20. The zero-order valence-electron chi connectivity index (χ0n) is 18.8. The summed E-state index contributed by atoms with van der Waals surface area (Å²) in [6, 6.07) is 1.99. The molecule has 2 fully saturated rings. The molecule has 5 atom stereocenters. The smallest absolute Gasteiger partial charge is 0.235 e. The second-order valence-electron chi connectivity index (χ2n) is 9.46. The van der Waals surface area contributed by atoms with Gasteiger partial charge in [0.15, 0.2) is 23.1 Å². The molecule has 5 N–H and O–H groups in total. The number of carbonyl (C=O) groups is 4. The monoisotopic (exact) mass is 457 g/mol. The summed E-state index contributed by atoms with van der Waals surface area (Å²) >= 11 is 0. The second-order valence-corrected chi connectivity index (χ2v) is 9.46. The van der Waals surface area contributed by atoms with E-state index >= 15 is 0 Å². The number of nitrogens with zero attached hydrogens (tertiary/aromatic N) is 2. The fourth-order valence-electron chi connectivity index (χ4n) is 5.79. The molecular formula is C23H27N3O7. The molecule has 0 saturated heterocycles. The van der Waals surface area contributed by atoms with Gasteiger partial charge in [-0.05, 0) is 50.6 Å². The number of hydrogen-bond donors (Lipinski definition) is 4. The summed E-state index contributed by atoms with van der Waals surface area (Å²) in [6.07, 6.45) is 0.284. The van der Waals surface area contributed by atoms with Crippen molar-refractivity contribution in [3.8, 4) is 5.75 Å².